The molecule has 0 fully saturated rings. The van der Waals surface area contributed by atoms with E-state index in [1.54, 1.807) is 6.07 Å². The molecule has 0 bridgehead atoms. The van der Waals surface area contributed by atoms with Crippen LogP contribution in [0.1, 0.15) is 11.1 Å². The molecule has 5 heteroatoms. The zero-order valence-electron chi connectivity index (χ0n) is 9.53. The first-order valence-electron chi connectivity index (χ1n) is 5.13. The number of H-pyrrole nitrogens is 2. The van der Waals surface area contributed by atoms with E-state index in [0.717, 1.165) is 11.1 Å². The van der Waals surface area contributed by atoms with Crippen LogP contribution >= 0.6 is 0 Å². The lowest BCUT2D eigenvalue weighted by Gasteiger charge is -2.07. The summed E-state index contributed by atoms with van der Waals surface area (Å²) in [6.45, 7) is 3.87. The summed E-state index contributed by atoms with van der Waals surface area (Å²) in [7, 11) is 0. The van der Waals surface area contributed by atoms with E-state index in [9.17, 15) is 9.59 Å². The lowest BCUT2D eigenvalue weighted by atomic mass is 10.1. The predicted molar refractivity (Wildman–Crippen MR) is 63.7 cm³/mol. The minimum absolute atomic E-state index is 0.0663. The van der Waals surface area contributed by atoms with Crippen LogP contribution < -0.4 is 16.0 Å². The number of hydrogen-bond donors (Lipinski definition) is 2. The van der Waals surface area contributed by atoms with Gasteiger partial charge in [0.05, 0.1) is 6.20 Å². The summed E-state index contributed by atoms with van der Waals surface area (Å²) in [6.07, 6.45) is 1.25. The quantitative estimate of drug-likeness (QED) is 0.823. The van der Waals surface area contributed by atoms with Crippen LogP contribution in [0.2, 0.25) is 0 Å². The molecule has 5 nitrogen and oxygen atoms in total. The van der Waals surface area contributed by atoms with E-state index in [-0.39, 0.29) is 5.75 Å². The lowest BCUT2D eigenvalue weighted by Crippen LogP contribution is -2.22. The Balaban J connectivity index is 2.38. The molecule has 17 heavy (non-hydrogen) atoms. The van der Waals surface area contributed by atoms with Crippen molar-refractivity contribution in [2.45, 2.75) is 13.8 Å². The summed E-state index contributed by atoms with van der Waals surface area (Å²) in [5.41, 5.74) is 0.942. The molecule has 0 aliphatic rings. The molecule has 0 saturated heterocycles. The minimum Gasteiger partial charge on any atom is -0.450 e. The molecule has 0 spiro atoms. The van der Waals surface area contributed by atoms with Gasteiger partial charge in [-0.2, -0.15) is 0 Å². The fraction of sp³-hybridized carbons (Fsp3) is 0.167. The van der Waals surface area contributed by atoms with E-state index in [4.69, 9.17) is 4.74 Å². The van der Waals surface area contributed by atoms with Gasteiger partial charge < -0.3 is 9.72 Å². The van der Waals surface area contributed by atoms with Gasteiger partial charge in [-0.15, -0.1) is 0 Å². The van der Waals surface area contributed by atoms with E-state index in [1.807, 2.05) is 26.0 Å². The third kappa shape index (κ3) is 2.44. The Morgan fingerprint density at radius 3 is 2.53 bits per heavy atom. The Hall–Kier alpha value is -2.30. The van der Waals surface area contributed by atoms with Crippen LogP contribution in [0.15, 0.2) is 34.0 Å². The Morgan fingerprint density at radius 2 is 1.88 bits per heavy atom. The minimum atomic E-state index is -0.553. The second-order valence-corrected chi connectivity index (χ2v) is 3.81. The van der Waals surface area contributed by atoms with Crippen LogP contribution in [-0.4, -0.2) is 9.97 Å². The summed E-state index contributed by atoms with van der Waals surface area (Å²) < 4.78 is 5.44. The topological polar surface area (TPSA) is 75.0 Å². The Morgan fingerprint density at radius 1 is 1.12 bits per heavy atom. The molecule has 88 valence electrons. The number of benzene rings is 1. The monoisotopic (exact) mass is 232 g/mol. The van der Waals surface area contributed by atoms with Crippen LogP contribution in [0.5, 0.6) is 11.5 Å². The lowest BCUT2D eigenvalue weighted by molar-refractivity contribution is 0.467. The zero-order valence-corrected chi connectivity index (χ0v) is 9.53. The predicted octanol–water partition coefficient (Wildman–Crippen LogP) is 1.47. The molecule has 0 aliphatic carbocycles. The van der Waals surface area contributed by atoms with Gasteiger partial charge >= 0.3 is 5.69 Å². The first-order valence-corrected chi connectivity index (χ1v) is 5.13. The second kappa shape index (κ2) is 4.29. The SMILES string of the molecule is Cc1ccc(Oc2c[nH]c(=O)[nH]c2=O)c(C)c1. The molecule has 1 heterocycles. The van der Waals surface area contributed by atoms with Gasteiger partial charge in [0.1, 0.15) is 5.75 Å². The Bertz CT molecular complexity index is 655. The van der Waals surface area contributed by atoms with Gasteiger partial charge in [0.15, 0.2) is 0 Å². The van der Waals surface area contributed by atoms with Crippen molar-refractivity contribution >= 4 is 0 Å². The highest BCUT2D eigenvalue weighted by molar-refractivity contribution is 5.38. The summed E-state index contributed by atoms with van der Waals surface area (Å²) in [5.74, 6) is 0.657. The molecular formula is C12H12N2O3. The van der Waals surface area contributed by atoms with Crippen molar-refractivity contribution in [1.29, 1.82) is 0 Å². The van der Waals surface area contributed by atoms with Gasteiger partial charge in [-0.1, -0.05) is 17.7 Å². The maximum Gasteiger partial charge on any atom is 0.325 e. The number of ether oxygens (including phenoxy) is 1. The molecule has 0 radical (unpaired) electrons. The van der Waals surface area contributed by atoms with Gasteiger partial charge in [-0.05, 0) is 25.5 Å². The average molecular weight is 232 g/mol. The summed E-state index contributed by atoms with van der Waals surface area (Å²) >= 11 is 0. The normalized spacial score (nSPS) is 10.2. The van der Waals surface area contributed by atoms with Crippen molar-refractivity contribution < 1.29 is 4.74 Å². The highest BCUT2D eigenvalue weighted by Crippen LogP contribution is 2.22. The Labute approximate surface area is 97.1 Å². The van der Waals surface area contributed by atoms with Crippen molar-refractivity contribution in [3.05, 3.63) is 56.4 Å². The highest BCUT2D eigenvalue weighted by Gasteiger charge is 2.05. The smallest absolute Gasteiger partial charge is 0.325 e. The van der Waals surface area contributed by atoms with Crippen LogP contribution in [0.4, 0.5) is 0 Å². The number of aryl methyl sites for hydroxylation is 2. The van der Waals surface area contributed by atoms with E-state index >= 15 is 0 Å². The molecule has 1 aromatic carbocycles. The number of aromatic nitrogens is 2. The molecule has 0 saturated carbocycles. The first-order chi connectivity index (χ1) is 8.06. The van der Waals surface area contributed by atoms with E-state index in [0.29, 0.717) is 5.75 Å². The van der Waals surface area contributed by atoms with Gasteiger partial charge in [0, 0.05) is 0 Å². The fourth-order valence-electron chi connectivity index (χ4n) is 1.51. The van der Waals surface area contributed by atoms with Crippen molar-refractivity contribution in [1.82, 2.24) is 9.97 Å². The zero-order chi connectivity index (χ0) is 12.4. The number of aromatic amines is 2. The van der Waals surface area contributed by atoms with Crippen molar-refractivity contribution in [2.24, 2.45) is 0 Å². The summed E-state index contributed by atoms with van der Waals surface area (Å²) in [5, 5.41) is 0. The van der Waals surface area contributed by atoms with Crippen molar-refractivity contribution in [3.8, 4) is 11.5 Å². The molecule has 2 rings (SSSR count). The summed E-state index contributed by atoms with van der Waals surface area (Å²) in [4.78, 5) is 26.7. The molecule has 1 aromatic heterocycles. The molecule has 0 atom stereocenters. The molecular weight excluding hydrogens is 220 g/mol. The fourth-order valence-corrected chi connectivity index (χ4v) is 1.51. The maximum absolute atomic E-state index is 11.4. The summed E-state index contributed by atoms with van der Waals surface area (Å²) in [6, 6.07) is 5.63. The Kier molecular flexibility index (Phi) is 2.82. The second-order valence-electron chi connectivity index (χ2n) is 3.81. The third-order valence-corrected chi connectivity index (χ3v) is 2.34. The maximum atomic E-state index is 11.4. The molecule has 2 aromatic rings. The van der Waals surface area contributed by atoms with E-state index in [1.165, 1.54) is 6.20 Å². The molecule has 0 unspecified atom stereocenters. The van der Waals surface area contributed by atoms with Crippen LogP contribution in [0, 0.1) is 13.8 Å². The third-order valence-electron chi connectivity index (χ3n) is 2.34. The van der Waals surface area contributed by atoms with Crippen molar-refractivity contribution in [3.63, 3.8) is 0 Å². The van der Waals surface area contributed by atoms with Gasteiger partial charge in [0.25, 0.3) is 5.56 Å². The number of rotatable bonds is 2. The van der Waals surface area contributed by atoms with Crippen LogP contribution in [0.25, 0.3) is 0 Å². The number of nitrogens with one attached hydrogen (secondary N) is 2. The van der Waals surface area contributed by atoms with Gasteiger partial charge in [-0.25, -0.2) is 4.79 Å². The highest BCUT2D eigenvalue weighted by atomic mass is 16.5. The first kappa shape index (κ1) is 11.2. The molecule has 0 amide bonds. The molecule has 2 N–H and O–H groups in total. The van der Waals surface area contributed by atoms with E-state index < -0.39 is 11.2 Å². The van der Waals surface area contributed by atoms with Gasteiger partial charge in [0.2, 0.25) is 5.75 Å². The van der Waals surface area contributed by atoms with Crippen LogP contribution in [-0.2, 0) is 0 Å². The largest absolute Gasteiger partial charge is 0.450 e. The molecule has 0 aliphatic heterocycles. The van der Waals surface area contributed by atoms with E-state index in [2.05, 4.69) is 9.97 Å². The average Bonchev–Trinajstić information content (AvgIpc) is 2.25. The van der Waals surface area contributed by atoms with Gasteiger partial charge in [-0.3, -0.25) is 9.78 Å². The van der Waals surface area contributed by atoms with Crippen molar-refractivity contribution in [2.75, 3.05) is 0 Å². The number of hydrogen-bond acceptors (Lipinski definition) is 3. The standard InChI is InChI=1S/C12H12N2O3/c1-7-3-4-9(8(2)5-7)17-10-6-13-12(16)14-11(10)15/h3-6H,1-2H3,(H2,13,14,15,16). The van der Waals surface area contributed by atoms with Crippen LogP contribution in [0.3, 0.4) is 0 Å².